The quantitative estimate of drug-likeness (QED) is 0.611. The summed E-state index contributed by atoms with van der Waals surface area (Å²) in [5, 5.41) is 0. The number of hydrogen-bond donors (Lipinski definition) is 0. The number of ether oxygens (including phenoxy) is 1. The zero-order valence-corrected chi connectivity index (χ0v) is 9.69. The lowest BCUT2D eigenvalue weighted by molar-refractivity contribution is -0.275. The van der Waals surface area contributed by atoms with Crippen molar-refractivity contribution in [1.82, 2.24) is 4.98 Å². The van der Waals surface area contributed by atoms with Gasteiger partial charge in [-0.05, 0) is 29.5 Å². The van der Waals surface area contributed by atoms with E-state index >= 15 is 0 Å². The highest BCUT2D eigenvalue weighted by atomic mass is 127. The summed E-state index contributed by atoms with van der Waals surface area (Å²) in [7, 11) is 0. The molecule has 1 aromatic heterocycles. The van der Waals surface area contributed by atoms with Gasteiger partial charge >= 0.3 is 6.36 Å². The van der Waals surface area contributed by atoms with Gasteiger partial charge in [0.2, 0.25) is 0 Å². The van der Waals surface area contributed by atoms with E-state index in [2.05, 4.69) is 9.72 Å². The summed E-state index contributed by atoms with van der Waals surface area (Å²) < 4.78 is 52.3. The molecule has 1 heterocycles. The predicted octanol–water partition coefficient (Wildman–Crippen LogP) is 3.36. The van der Waals surface area contributed by atoms with Crippen LogP contribution >= 0.6 is 22.6 Å². The van der Waals surface area contributed by atoms with Crippen LogP contribution in [0.4, 0.5) is 17.6 Å². The van der Waals surface area contributed by atoms with Crippen molar-refractivity contribution in [2.24, 2.45) is 0 Å². The fourth-order valence-electron chi connectivity index (χ4n) is 0.954. The molecule has 7 heteroatoms. The molecule has 0 fully saturated rings. The van der Waals surface area contributed by atoms with Crippen molar-refractivity contribution >= 4 is 22.6 Å². The molecule has 0 spiro atoms. The molecular formula is C8H6F4INO. The smallest absolute Gasteiger partial charge is 0.404 e. The van der Waals surface area contributed by atoms with Gasteiger partial charge in [-0.1, -0.05) is 0 Å². The number of aryl methyl sites for hydroxylation is 1. The normalized spacial score (nSPS) is 11.6. The molecule has 0 saturated heterocycles. The van der Waals surface area contributed by atoms with E-state index in [-0.39, 0.29) is 5.56 Å². The first-order valence-electron chi connectivity index (χ1n) is 3.81. The monoisotopic (exact) mass is 335 g/mol. The lowest BCUT2D eigenvalue weighted by Crippen LogP contribution is -2.18. The number of hydrogen-bond acceptors (Lipinski definition) is 2. The summed E-state index contributed by atoms with van der Waals surface area (Å²) >= 11 is 1.73. The van der Waals surface area contributed by atoms with E-state index in [4.69, 9.17) is 0 Å². The Hall–Kier alpha value is -0.600. The summed E-state index contributed by atoms with van der Waals surface area (Å²) in [6.45, 7) is 0.561. The molecule has 0 aliphatic carbocycles. The second kappa shape index (κ2) is 4.50. The molecule has 0 unspecified atom stereocenters. The highest BCUT2D eigenvalue weighted by molar-refractivity contribution is 14.1. The van der Waals surface area contributed by atoms with Crippen molar-refractivity contribution in [1.29, 1.82) is 0 Å². The van der Waals surface area contributed by atoms with E-state index in [0.717, 1.165) is 6.20 Å². The molecule has 0 aliphatic rings. The maximum Gasteiger partial charge on any atom is 0.573 e. The molecule has 1 rings (SSSR count). The van der Waals surface area contributed by atoms with E-state index in [1.54, 1.807) is 29.5 Å². The van der Waals surface area contributed by atoms with Crippen LogP contribution in [0.2, 0.25) is 0 Å². The Balaban J connectivity index is 3.14. The highest BCUT2D eigenvalue weighted by Crippen LogP contribution is 2.30. The lowest BCUT2D eigenvalue weighted by atomic mass is 10.2. The molecule has 0 amide bonds. The Labute approximate surface area is 96.8 Å². The minimum Gasteiger partial charge on any atom is -0.404 e. The Morgan fingerprint density at radius 1 is 1.47 bits per heavy atom. The topological polar surface area (TPSA) is 22.1 Å². The second-order valence-corrected chi connectivity index (χ2v) is 3.76. The Morgan fingerprint density at radius 3 is 2.53 bits per heavy atom. The summed E-state index contributed by atoms with van der Waals surface area (Å²) in [6.07, 6.45) is -3.95. The standard InChI is InChI=1S/C8H6F4INO/c1-4-7(13)5(2-9)6(3-14-4)15-8(10,11)12/h3H,2H2,1H3. The molecule has 0 N–H and O–H groups in total. The summed E-state index contributed by atoms with van der Waals surface area (Å²) in [5.74, 6) is -0.583. The first-order chi connectivity index (χ1) is 6.85. The van der Waals surface area contributed by atoms with Crippen molar-refractivity contribution < 1.29 is 22.3 Å². The van der Waals surface area contributed by atoms with Crippen molar-refractivity contribution in [3.8, 4) is 5.75 Å². The second-order valence-electron chi connectivity index (χ2n) is 2.68. The van der Waals surface area contributed by atoms with E-state index < -0.39 is 18.8 Å². The van der Waals surface area contributed by atoms with Crippen LogP contribution in [0.15, 0.2) is 6.20 Å². The zero-order valence-electron chi connectivity index (χ0n) is 7.53. The van der Waals surface area contributed by atoms with Crippen LogP contribution in [0.5, 0.6) is 5.75 Å². The molecule has 0 aliphatic heterocycles. The Bertz CT molecular complexity index is 366. The van der Waals surface area contributed by atoms with Gasteiger partial charge in [-0.15, -0.1) is 13.2 Å². The van der Waals surface area contributed by atoms with Crippen LogP contribution in [-0.2, 0) is 6.67 Å². The van der Waals surface area contributed by atoms with Crippen LogP contribution in [0.25, 0.3) is 0 Å². The van der Waals surface area contributed by atoms with Crippen molar-refractivity contribution in [3.63, 3.8) is 0 Å². The van der Waals surface area contributed by atoms with Gasteiger partial charge in [0.15, 0.2) is 5.75 Å². The van der Waals surface area contributed by atoms with Gasteiger partial charge in [0.1, 0.15) is 6.67 Å². The summed E-state index contributed by atoms with van der Waals surface area (Å²) in [4.78, 5) is 3.67. The van der Waals surface area contributed by atoms with E-state index in [1.807, 2.05) is 0 Å². The molecule has 15 heavy (non-hydrogen) atoms. The van der Waals surface area contributed by atoms with Crippen LogP contribution in [0.1, 0.15) is 11.3 Å². The van der Waals surface area contributed by atoms with Crippen molar-refractivity contribution in [2.75, 3.05) is 0 Å². The molecule has 0 radical (unpaired) electrons. The molecule has 0 saturated carbocycles. The number of rotatable bonds is 2. The first kappa shape index (κ1) is 12.5. The minimum absolute atomic E-state index is 0.125. The molecule has 0 bridgehead atoms. The average molecular weight is 335 g/mol. The molecule has 0 aromatic carbocycles. The minimum atomic E-state index is -4.83. The van der Waals surface area contributed by atoms with Crippen LogP contribution in [0.3, 0.4) is 0 Å². The Morgan fingerprint density at radius 2 is 2.07 bits per heavy atom. The molecule has 84 valence electrons. The van der Waals surface area contributed by atoms with Gasteiger partial charge in [-0.2, -0.15) is 0 Å². The summed E-state index contributed by atoms with van der Waals surface area (Å²) in [6, 6.07) is 0. The number of alkyl halides is 4. The fraction of sp³-hybridized carbons (Fsp3) is 0.375. The third-order valence-corrected chi connectivity index (χ3v) is 3.05. The molecule has 1 aromatic rings. The van der Waals surface area contributed by atoms with Gasteiger partial charge in [0, 0.05) is 9.13 Å². The number of halogens is 5. The number of nitrogens with zero attached hydrogens (tertiary/aromatic N) is 1. The first-order valence-corrected chi connectivity index (χ1v) is 4.88. The van der Waals surface area contributed by atoms with Crippen LogP contribution < -0.4 is 4.74 Å². The Kier molecular flexibility index (Phi) is 3.74. The zero-order chi connectivity index (χ0) is 11.6. The molecule has 0 atom stereocenters. The largest absolute Gasteiger partial charge is 0.573 e. The fourth-order valence-corrected chi connectivity index (χ4v) is 1.50. The van der Waals surface area contributed by atoms with E-state index in [1.165, 1.54) is 0 Å². The van der Waals surface area contributed by atoms with Crippen molar-refractivity contribution in [3.05, 3.63) is 21.0 Å². The van der Waals surface area contributed by atoms with E-state index in [0.29, 0.717) is 9.26 Å². The van der Waals surface area contributed by atoms with Gasteiger partial charge in [0.05, 0.1) is 11.9 Å². The maximum atomic E-state index is 12.5. The SMILES string of the molecule is Cc1ncc(OC(F)(F)F)c(CF)c1I. The number of pyridine rings is 1. The lowest BCUT2D eigenvalue weighted by Gasteiger charge is -2.13. The van der Waals surface area contributed by atoms with Gasteiger partial charge in [-0.25, -0.2) is 4.39 Å². The van der Waals surface area contributed by atoms with Crippen molar-refractivity contribution in [2.45, 2.75) is 20.0 Å². The van der Waals surface area contributed by atoms with Gasteiger partial charge in [0.25, 0.3) is 0 Å². The third-order valence-electron chi connectivity index (χ3n) is 1.61. The van der Waals surface area contributed by atoms with E-state index in [9.17, 15) is 17.6 Å². The van der Waals surface area contributed by atoms with Gasteiger partial charge in [-0.3, -0.25) is 4.98 Å². The average Bonchev–Trinajstić information content (AvgIpc) is 2.10. The highest BCUT2D eigenvalue weighted by Gasteiger charge is 2.32. The third kappa shape index (κ3) is 3.18. The maximum absolute atomic E-state index is 12.5. The number of aromatic nitrogens is 1. The van der Waals surface area contributed by atoms with Crippen LogP contribution in [0, 0.1) is 10.5 Å². The molecular weight excluding hydrogens is 329 g/mol. The van der Waals surface area contributed by atoms with Gasteiger partial charge < -0.3 is 4.74 Å². The summed E-state index contributed by atoms with van der Waals surface area (Å²) in [5.41, 5.74) is 0.346. The predicted molar refractivity (Wildman–Crippen MR) is 53.2 cm³/mol. The molecule has 2 nitrogen and oxygen atoms in total. The van der Waals surface area contributed by atoms with Crippen LogP contribution in [-0.4, -0.2) is 11.3 Å².